The molecule has 1 heterocycles. The Kier molecular flexibility index (Phi) is 5.13. The topological polar surface area (TPSA) is 54.5 Å². The predicted octanol–water partition coefficient (Wildman–Crippen LogP) is 1.81. The van der Waals surface area contributed by atoms with Crippen molar-refractivity contribution in [1.82, 2.24) is 4.31 Å². The van der Waals surface area contributed by atoms with Gasteiger partial charge in [-0.2, -0.15) is 4.31 Å². The molecule has 0 aromatic heterocycles. The van der Waals surface area contributed by atoms with Crippen LogP contribution >= 0.6 is 0 Å². The molecule has 5 heteroatoms. The second-order valence-corrected chi connectivity index (χ2v) is 7.35. The van der Waals surface area contributed by atoms with Gasteiger partial charge in [-0.05, 0) is 32.1 Å². The van der Waals surface area contributed by atoms with Crippen molar-refractivity contribution in [2.45, 2.75) is 52.5 Å². The Morgan fingerprint density at radius 1 is 1.41 bits per heavy atom. The van der Waals surface area contributed by atoms with Gasteiger partial charge in [0.15, 0.2) is 0 Å². The van der Waals surface area contributed by atoms with Crippen molar-refractivity contribution in [3.8, 4) is 0 Å². The molecule has 0 bridgehead atoms. The van der Waals surface area contributed by atoms with Crippen LogP contribution in [0.4, 0.5) is 0 Å². The molecule has 0 N–H and O–H groups in total. The molecule has 0 aliphatic carbocycles. The van der Waals surface area contributed by atoms with E-state index in [2.05, 4.69) is 0 Å². The van der Waals surface area contributed by atoms with E-state index < -0.39 is 10.0 Å². The monoisotopic (exact) mass is 261 g/mol. The Bertz CT molecular complexity index is 362. The molecule has 0 aromatic rings. The molecule has 100 valence electrons. The first-order chi connectivity index (χ1) is 7.83. The molecular weight excluding hydrogens is 238 g/mol. The van der Waals surface area contributed by atoms with Crippen LogP contribution in [0.5, 0.6) is 0 Å². The van der Waals surface area contributed by atoms with E-state index >= 15 is 0 Å². The van der Waals surface area contributed by atoms with Crippen molar-refractivity contribution in [2.24, 2.45) is 5.92 Å². The Morgan fingerprint density at radius 2 is 2.06 bits per heavy atom. The fraction of sp³-hybridized carbons (Fsp3) is 0.917. The van der Waals surface area contributed by atoms with Crippen LogP contribution in [0, 0.1) is 5.92 Å². The molecule has 0 spiro atoms. The minimum Gasteiger partial charge on any atom is -0.300 e. The summed E-state index contributed by atoms with van der Waals surface area (Å²) in [7, 11) is -3.17. The highest BCUT2D eigenvalue weighted by Gasteiger charge is 2.34. The molecule has 1 fully saturated rings. The molecule has 1 rings (SSSR count). The van der Waals surface area contributed by atoms with E-state index in [-0.39, 0.29) is 17.6 Å². The minimum atomic E-state index is -3.17. The summed E-state index contributed by atoms with van der Waals surface area (Å²) in [6, 6.07) is -0.0929. The highest BCUT2D eigenvalue weighted by Crippen LogP contribution is 2.24. The lowest BCUT2D eigenvalue weighted by atomic mass is 10.1. The van der Waals surface area contributed by atoms with Crippen LogP contribution in [0.1, 0.15) is 46.5 Å². The standard InChI is InChI=1S/C12H23NO3S/c1-10(2)6-8-17(15,16)13-7-4-5-12(13)9-11(3)14/h10,12H,4-9H2,1-3H3. The highest BCUT2D eigenvalue weighted by molar-refractivity contribution is 7.89. The smallest absolute Gasteiger partial charge is 0.214 e. The number of hydrogen-bond donors (Lipinski definition) is 0. The van der Waals surface area contributed by atoms with Gasteiger partial charge in [0.25, 0.3) is 0 Å². The number of hydrogen-bond acceptors (Lipinski definition) is 3. The van der Waals surface area contributed by atoms with Crippen molar-refractivity contribution >= 4 is 15.8 Å². The number of rotatable bonds is 6. The van der Waals surface area contributed by atoms with Gasteiger partial charge >= 0.3 is 0 Å². The zero-order valence-corrected chi connectivity index (χ0v) is 11.8. The molecule has 1 atom stereocenters. The van der Waals surface area contributed by atoms with Crippen LogP contribution in [0.3, 0.4) is 0 Å². The summed E-state index contributed by atoms with van der Waals surface area (Å²) < 4.78 is 25.8. The summed E-state index contributed by atoms with van der Waals surface area (Å²) in [4.78, 5) is 11.1. The maximum Gasteiger partial charge on any atom is 0.214 e. The quantitative estimate of drug-likeness (QED) is 0.732. The maximum absolute atomic E-state index is 12.1. The fourth-order valence-electron chi connectivity index (χ4n) is 2.21. The van der Waals surface area contributed by atoms with E-state index in [1.54, 1.807) is 4.31 Å². The first-order valence-electron chi connectivity index (χ1n) is 6.32. The van der Waals surface area contributed by atoms with Crippen LogP contribution in [-0.4, -0.2) is 36.8 Å². The summed E-state index contributed by atoms with van der Waals surface area (Å²) in [6.45, 7) is 6.15. The molecule has 0 radical (unpaired) electrons. The largest absolute Gasteiger partial charge is 0.300 e. The van der Waals surface area contributed by atoms with Gasteiger partial charge in [0, 0.05) is 19.0 Å². The van der Waals surface area contributed by atoms with E-state index in [0.717, 1.165) is 12.8 Å². The first-order valence-corrected chi connectivity index (χ1v) is 7.93. The molecule has 1 aliphatic rings. The van der Waals surface area contributed by atoms with E-state index in [1.807, 2.05) is 13.8 Å². The molecule has 4 nitrogen and oxygen atoms in total. The minimum absolute atomic E-state index is 0.0703. The van der Waals surface area contributed by atoms with Crippen molar-refractivity contribution in [2.75, 3.05) is 12.3 Å². The van der Waals surface area contributed by atoms with Gasteiger partial charge < -0.3 is 0 Å². The molecular formula is C12H23NO3S. The van der Waals surface area contributed by atoms with Crippen molar-refractivity contribution in [1.29, 1.82) is 0 Å². The van der Waals surface area contributed by atoms with Crippen LogP contribution in [0.15, 0.2) is 0 Å². The molecule has 1 aliphatic heterocycles. The first kappa shape index (κ1) is 14.6. The molecule has 0 aromatic carbocycles. The van der Waals surface area contributed by atoms with Crippen LogP contribution in [0.2, 0.25) is 0 Å². The highest BCUT2D eigenvalue weighted by atomic mass is 32.2. The number of ketones is 1. The van der Waals surface area contributed by atoms with Gasteiger partial charge in [-0.15, -0.1) is 0 Å². The van der Waals surface area contributed by atoms with Gasteiger partial charge in [-0.1, -0.05) is 13.8 Å². The lowest BCUT2D eigenvalue weighted by molar-refractivity contribution is -0.117. The normalized spacial score (nSPS) is 22.2. The summed E-state index contributed by atoms with van der Waals surface area (Å²) in [5.41, 5.74) is 0. The lowest BCUT2D eigenvalue weighted by Gasteiger charge is -2.23. The second kappa shape index (κ2) is 5.96. The molecule has 0 amide bonds. The number of sulfonamides is 1. The number of carbonyl (C=O) groups excluding carboxylic acids is 1. The Morgan fingerprint density at radius 3 is 2.59 bits per heavy atom. The average Bonchev–Trinajstić information content (AvgIpc) is 2.62. The van der Waals surface area contributed by atoms with Crippen molar-refractivity contribution in [3.63, 3.8) is 0 Å². The molecule has 1 saturated heterocycles. The van der Waals surface area contributed by atoms with E-state index in [9.17, 15) is 13.2 Å². The van der Waals surface area contributed by atoms with Gasteiger partial charge in [0.1, 0.15) is 5.78 Å². The maximum atomic E-state index is 12.1. The number of carbonyl (C=O) groups is 1. The molecule has 1 unspecified atom stereocenters. The van der Waals surface area contributed by atoms with Gasteiger partial charge in [-0.25, -0.2) is 8.42 Å². The van der Waals surface area contributed by atoms with E-state index in [4.69, 9.17) is 0 Å². The third kappa shape index (κ3) is 4.39. The Balaban J connectivity index is 2.66. The average molecular weight is 261 g/mol. The third-order valence-corrected chi connectivity index (χ3v) is 5.10. The molecule has 17 heavy (non-hydrogen) atoms. The Hall–Kier alpha value is -0.420. The van der Waals surface area contributed by atoms with E-state index in [1.165, 1.54) is 6.92 Å². The van der Waals surface area contributed by atoms with Crippen molar-refractivity contribution < 1.29 is 13.2 Å². The summed E-state index contributed by atoms with van der Waals surface area (Å²) in [5, 5.41) is 0. The third-order valence-electron chi connectivity index (χ3n) is 3.16. The van der Waals surface area contributed by atoms with Crippen LogP contribution in [-0.2, 0) is 14.8 Å². The fourth-order valence-corrected chi connectivity index (χ4v) is 4.26. The number of nitrogens with zero attached hydrogens (tertiary/aromatic N) is 1. The second-order valence-electron chi connectivity index (χ2n) is 5.31. The van der Waals surface area contributed by atoms with Crippen LogP contribution in [0.25, 0.3) is 0 Å². The predicted molar refractivity (Wildman–Crippen MR) is 68.3 cm³/mol. The van der Waals surface area contributed by atoms with Gasteiger partial charge in [-0.3, -0.25) is 4.79 Å². The zero-order valence-electron chi connectivity index (χ0n) is 11.0. The van der Waals surface area contributed by atoms with Gasteiger partial charge in [0.05, 0.1) is 5.75 Å². The van der Waals surface area contributed by atoms with Crippen LogP contribution < -0.4 is 0 Å². The Labute approximate surface area is 104 Å². The lowest BCUT2D eigenvalue weighted by Crippen LogP contribution is -2.38. The van der Waals surface area contributed by atoms with E-state index in [0.29, 0.717) is 25.3 Å². The summed E-state index contributed by atoms with van der Waals surface area (Å²) in [6.07, 6.45) is 2.74. The number of Topliss-reactive ketones (excluding diaryl/α,β-unsaturated/α-hetero) is 1. The molecule has 0 saturated carbocycles. The summed E-state index contributed by atoms with van der Waals surface area (Å²) >= 11 is 0. The zero-order chi connectivity index (χ0) is 13.1. The van der Waals surface area contributed by atoms with Gasteiger partial charge in [0.2, 0.25) is 10.0 Å². The summed E-state index contributed by atoms with van der Waals surface area (Å²) in [5.74, 6) is 0.665. The SMILES string of the molecule is CC(=O)CC1CCCN1S(=O)(=O)CCC(C)C. The van der Waals surface area contributed by atoms with Crippen molar-refractivity contribution in [3.05, 3.63) is 0 Å².